The molecule has 0 aliphatic rings. The van der Waals surface area contributed by atoms with Crippen LogP contribution in [0.15, 0.2) is 59.6 Å². The van der Waals surface area contributed by atoms with Gasteiger partial charge in [-0.3, -0.25) is 9.71 Å². The van der Waals surface area contributed by atoms with Crippen LogP contribution in [-0.2, 0) is 15.4 Å². The Labute approximate surface area is 185 Å². The standard InChI is InChI=1S/C23H22F2N4O2S/c1-14-12-21(28-32(30,31)15-8-9-17(19(25)13-15)23(2,3)4)29(27-14)20-10-11-26-22-16(20)6-5-7-18(22)24/h5-13,28H,1-4H3. The van der Waals surface area contributed by atoms with Crippen LogP contribution in [0.1, 0.15) is 32.0 Å². The van der Waals surface area contributed by atoms with Gasteiger partial charge < -0.3 is 0 Å². The predicted molar refractivity (Wildman–Crippen MR) is 119 cm³/mol. The van der Waals surface area contributed by atoms with Crippen molar-refractivity contribution in [3.05, 3.63) is 77.6 Å². The number of fused-ring (bicyclic) bond motifs is 1. The average molecular weight is 457 g/mol. The molecule has 0 unspecified atom stereocenters. The second-order valence-electron chi connectivity index (χ2n) is 8.55. The number of anilines is 1. The summed E-state index contributed by atoms with van der Waals surface area (Å²) in [5, 5.41) is 4.84. The molecule has 0 aliphatic heterocycles. The molecule has 0 aliphatic carbocycles. The number of hydrogen-bond acceptors (Lipinski definition) is 4. The van der Waals surface area contributed by atoms with Crippen molar-refractivity contribution in [2.24, 2.45) is 0 Å². The number of rotatable bonds is 4. The highest BCUT2D eigenvalue weighted by Gasteiger charge is 2.24. The summed E-state index contributed by atoms with van der Waals surface area (Å²) in [6, 6.07) is 11.5. The van der Waals surface area contributed by atoms with Gasteiger partial charge in [-0.25, -0.2) is 21.9 Å². The van der Waals surface area contributed by atoms with Crippen LogP contribution in [0.2, 0.25) is 0 Å². The Morgan fingerprint density at radius 3 is 2.44 bits per heavy atom. The normalized spacial score (nSPS) is 12.3. The number of para-hydroxylation sites is 1. The van der Waals surface area contributed by atoms with Crippen molar-refractivity contribution < 1.29 is 17.2 Å². The molecule has 2 aromatic carbocycles. The topological polar surface area (TPSA) is 76.9 Å². The lowest BCUT2D eigenvalue weighted by molar-refractivity contribution is 0.519. The number of pyridine rings is 1. The van der Waals surface area contributed by atoms with E-state index in [0.717, 1.165) is 6.07 Å². The number of hydrogen-bond donors (Lipinski definition) is 1. The minimum atomic E-state index is -4.12. The fraction of sp³-hybridized carbons (Fsp3) is 0.217. The second-order valence-corrected chi connectivity index (χ2v) is 10.2. The molecule has 6 nitrogen and oxygen atoms in total. The monoisotopic (exact) mass is 456 g/mol. The van der Waals surface area contributed by atoms with Gasteiger partial charge in [-0.05, 0) is 42.2 Å². The number of aryl methyl sites for hydroxylation is 1. The van der Waals surface area contributed by atoms with Crippen LogP contribution < -0.4 is 4.72 Å². The largest absolute Gasteiger partial charge is 0.263 e. The molecule has 0 saturated carbocycles. The van der Waals surface area contributed by atoms with E-state index in [2.05, 4.69) is 14.8 Å². The van der Waals surface area contributed by atoms with Crippen LogP contribution in [0.25, 0.3) is 16.6 Å². The van der Waals surface area contributed by atoms with Gasteiger partial charge in [0.25, 0.3) is 10.0 Å². The molecule has 1 N–H and O–H groups in total. The maximum absolute atomic E-state index is 14.6. The van der Waals surface area contributed by atoms with Crippen molar-refractivity contribution in [2.45, 2.75) is 38.0 Å². The minimum absolute atomic E-state index is 0.138. The highest BCUT2D eigenvalue weighted by Crippen LogP contribution is 2.29. The van der Waals surface area contributed by atoms with E-state index in [-0.39, 0.29) is 16.2 Å². The van der Waals surface area contributed by atoms with Gasteiger partial charge in [-0.1, -0.05) is 39.0 Å². The SMILES string of the molecule is Cc1cc(NS(=O)(=O)c2ccc(C(C)(C)C)c(F)c2)n(-c2ccnc3c(F)cccc23)n1. The third-order valence-corrected chi connectivity index (χ3v) is 6.41. The molecule has 4 aromatic rings. The van der Waals surface area contributed by atoms with Crippen LogP contribution in [0.3, 0.4) is 0 Å². The van der Waals surface area contributed by atoms with E-state index in [0.29, 0.717) is 22.3 Å². The zero-order valence-electron chi connectivity index (χ0n) is 18.0. The van der Waals surface area contributed by atoms with E-state index in [1.165, 1.54) is 29.1 Å². The minimum Gasteiger partial charge on any atom is -0.263 e. The van der Waals surface area contributed by atoms with E-state index in [9.17, 15) is 17.2 Å². The molecule has 2 heterocycles. The van der Waals surface area contributed by atoms with Gasteiger partial charge in [-0.15, -0.1) is 0 Å². The number of benzene rings is 2. The lowest BCUT2D eigenvalue weighted by Gasteiger charge is -2.20. The molecule has 0 fully saturated rings. The quantitative estimate of drug-likeness (QED) is 0.463. The number of halogens is 2. The van der Waals surface area contributed by atoms with Crippen molar-refractivity contribution in [2.75, 3.05) is 4.72 Å². The first kappa shape index (κ1) is 21.9. The van der Waals surface area contributed by atoms with E-state index >= 15 is 0 Å². The highest BCUT2D eigenvalue weighted by molar-refractivity contribution is 7.92. The Morgan fingerprint density at radius 2 is 1.75 bits per heavy atom. The van der Waals surface area contributed by atoms with Gasteiger partial charge in [0.05, 0.1) is 16.3 Å². The van der Waals surface area contributed by atoms with Crippen LogP contribution in [0.5, 0.6) is 0 Å². The maximum atomic E-state index is 14.6. The summed E-state index contributed by atoms with van der Waals surface area (Å²) < 4.78 is 58.7. The number of nitrogens with zero attached hydrogens (tertiary/aromatic N) is 3. The van der Waals surface area contributed by atoms with Crippen molar-refractivity contribution >= 4 is 26.7 Å². The zero-order chi connectivity index (χ0) is 23.3. The van der Waals surface area contributed by atoms with Gasteiger partial charge in [0.15, 0.2) is 0 Å². The summed E-state index contributed by atoms with van der Waals surface area (Å²) in [6.07, 6.45) is 1.43. The predicted octanol–water partition coefficient (Wildman–Crippen LogP) is 5.11. The molecule has 166 valence electrons. The summed E-state index contributed by atoms with van der Waals surface area (Å²) in [7, 11) is -4.12. The van der Waals surface area contributed by atoms with Crippen molar-refractivity contribution in [1.29, 1.82) is 0 Å². The molecule has 4 rings (SSSR count). The van der Waals surface area contributed by atoms with Crippen LogP contribution in [-0.4, -0.2) is 23.2 Å². The van der Waals surface area contributed by atoms with Crippen LogP contribution >= 0.6 is 0 Å². The zero-order valence-corrected chi connectivity index (χ0v) is 18.8. The molecular weight excluding hydrogens is 434 g/mol. The second kappa shape index (κ2) is 7.67. The fourth-order valence-corrected chi connectivity index (χ4v) is 4.58. The Bertz CT molecular complexity index is 1440. The molecule has 2 aromatic heterocycles. The van der Waals surface area contributed by atoms with Crippen molar-refractivity contribution in [1.82, 2.24) is 14.8 Å². The molecule has 0 amide bonds. The first-order chi connectivity index (χ1) is 15.0. The van der Waals surface area contributed by atoms with Gasteiger partial charge in [0.1, 0.15) is 23.0 Å². The Balaban J connectivity index is 1.78. The molecule has 9 heteroatoms. The third kappa shape index (κ3) is 3.95. The average Bonchev–Trinajstić information content (AvgIpc) is 3.06. The summed E-state index contributed by atoms with van der Waals surface area (Å²) in [5.74, 6) is -0.954. The molecule has 0 radical (unpaired) electrons. The summed E-state index contributed by atoms with van der Waals surface area (Å²) in [5.41, 5.74) is 1.09. The highest BCUT2D eigenvalue weighted by atomic mass is 32.2. The summed E-state index contributed by atoms with van der Waals surface area (Å²) in [6.45, 7) is 7.25. The molecule has 0 saturated heterocycles. The van der Waals surface area contributed by atoms with Gasteiger partial charge in [0, 0.05) is 17.6 Å². The van der Waals surface area contributed by atoms with Gasteiger partial charge in [-0.2, -0.15) is 5.10 Å². The van der Waals surface area contributed by atoms with E-state index < -0.39 is 27.1 Å². The summed E-state index contributed by atoms with van der Waals surface area (Å²) >= 11 is 0. The lowest BCUT2D eigenvalue weighted by Crippen LogP contribution is -2.18. The number of aromatic nitrogens is 3. The molecular formula is C23H22F2N4O2S. The van der Waals surface area contributed by atoms with E-state index in [4.69, 9.17) is 0 Å². The molecule has 0 atom stereocenters. The van der Waals surface area contributed by atoms with Crippen molar-refractivity contribution in [3.8, 4) is 5.69 Å². The molecule has 32 heavy (non-hydrogen) atoms. The first-order valence-corrected chi connectivity index (χ1v) is 11.4. The van der Waals surface area contributed by atoms with E-state index in [1.807, 2.05) is 20.8 Å². The van der Waals surface area contributed by atoms with Gasteiger partial charge in [0.2, 0.25) is 0 Å². The smallest absolute Gasteiger partial charge is 0.263 e. The fourth-order valence-electron chi connectivity index (χ4n) is 3.53. The Kier molecular flexibility index (Phi) is 5.24. The van der Waals surface area contributed by atoms with Crippen LogP contribution in [0.4, 0.5) is 14.6 Å². The Morgan fingerprint density at radius 1 is 1.00 bits per heavy atom. The van der Waals surface area contributed by atoms with Gasteiger partial charge >= 0.3 is 0 Å². The Hall–Kier alpha value is -3.33. The van der Waals surface area contributed by atoms with E-state index in [1.54, 1.807) is 31.2 Å². The number of sulfonamides is 1. The molecule has 0 spiro atoms. The number of nitrogens with one attached hydrogen (secondary N) is 1. The maximum Gasteiger partial charge on any atom is 0.263 e. The first-order valence-electron chi connectivity index (χ1n) is 9.90. The van der Waals surface area contributed by atoms with Crippen LogP contribution in [0, 0.1) is 18.6 Å². The third-order valence-electron chi connectivity index (χ3n) is 5.06. The molecule has 0 bridgehead atoms. The lowest BCUT2D eigenvalue weighted by atomic mass is 9.87. The van der Waals surface area contributed by atoms with Crippen molar-refractivity contribution in [3.63, 3.8) is 0 Å². The summed E-state index contributed by atoms with van der Waals surface area (Å²) in [4.78, 5) is 3.86.